The van der Waals surface area contributed by atoms with E-state index >= 15 is 0 Å². The van der Waals surface area contributed by atoms with Crippen LogP contribution >= 0.6 is 22.6 Å². The summed E-state index contributed by atoms with van der Waals surface area (Å²) in [6.07, 6.45) is 0. The fourth-order valence-electron chi connectivity index (χ4n) is 2.27. The molecule has 0 spiro atoms. The fourth-order valence-corrected chi connectivity index (χ4v) is 5.47. The molecule has 26 heavy (non-hydrogen) atoms. The molecule has 142 valence electrons. The summed E-state index contributed by atoms with van der Waals surface area (Å²) in [5.74, 6) is 0. The highest BCUT2D eigenvalue weighted by Gasteiger charge is 2.19. The largest absolute Gasteiger partial charge is 0.395 e. The molecule has 2 rings (SSSR count). The van der Waals surface area contributed by atoms with Crippen LogP contribution in [-0.4, -0.2) is 35.1 Å². The maximum atomic E-state index is 12.6. The number of hydrogen-bond acceptors (Lipinski definition) is 5. The SMILES string of the molecule is Cc1c(CI)cccc1S(=O)(=O)Nc1ccc(S(=O)(=O)NCCO)cc1. The van der Waals surface area contributed by atoms with Crippen LogP contribution in [0.4, 0.5) is 5.69 Å². The lowest BCUT2D eigenvalue weighted by Crippen LogP contribution is -2.26. The average molecular weight is 510 g/mol. The van der Waals surface area contributed by atoms with Gasteiger partial charge in [0.05, 0.1) is 16.4 Å². The van der Waals surface area contributed by atoms with E-state index in [4.69, 9.17) is 5.11 Å². The zero-order valence-corrected chi connectivity index (χ0v) is 17.7. The van der Waals surface area contributed by atoms with Crippen molar-refractivity contribution in [1.29, 1.82) is 0 Å². The van der Waals surface area contributed by atoms with Crippen molar-refractivity contribution >= 4 is 48.3 Å². The van der Waals surface area contributed by atoms with Gasteiger partial charge in [-0.25, -0.2) is 21.6 Å². The van der Waals surface area contributed by atoms with Gasteiger partial charge in [-0.05, 0) is 48.4 Å². The van der Waals surface area contributed by atoms with Crippen molar-refractivity contribution in [2.24, 2.45) is 0 Å². The molecule has 0 radical (unpaired) electrons. The first-order chi connectivity index (χ1) is 12.2. The van der Waals surface area contributed by atoms with Gasteiger partial charge < -0.3 is 5.11 Å². The van der Waals surface area contributed by atoms with Crippen molar-refractivity contribution in [3.63, 3.8) is 0 Å². The Bertz CT molecular complexity index is 974. The van der Waals surface area contributed by atoms with Gasteiger partial charge in [-0.1, -0.05) is 34.7 Å². The molecule has 0 saturated carbocycles. The average Bonchev–Trinajstić information content (AvgIpc) is 2.60. The Labute approximate surface area is 167 Å². The van der Waals surface area contributed by atoms with Crippen LogP contribution in [0.25, 0.3) is 0 Å². The summed E-state index contributed by atoms with van der Waals surface area (Å²) in [6, 6.07) is 10.4. The van der Waals surface area contributed by atoms with Crippen molar-refractivity contribution < 1.29 is 21.9 Å². The number of halogens is 1. The van der Waals surface area contributed by atoms with Gasteiger partial charge in [-0.2, -0.15) is 0 Å². The van der Waals surface area contributed by atoms with Crippen LogP contribution in [0, 0.1) is 6.92 Å². The van der Waals surface area contributed by atoms with Crippen molar-refractivity contribution in [2.45, 2.75) is 21.1 Å². The first-order valence-electron chi connectivity index (χ1n) is 7.59. The monoisotopic (exact) mass is 510 g/mol. The minimum absolute atomic E-state index is 0.0167. The van der Waals surface area contributed by atoms with Gasteiger partial charge in [0.25, 0.3) is 10.0 Å². The molecule has 0 aromatic heterocycles. The number of rotatable bonds is 8. The maximum Gasteiger partial charge on any atom is 0.262 e. The normalized spacial score (nSPS) is 12.1. The second kappa shape index (κ2) is 8.65. The van der Waals surface area contributed by atoms with Gasteiger partial charge in [-0.3, -0.25) is 4.72 Å². The van der Waals surface area contributed by atoms with Crippen LogP contribution in [0.3, 0.4) is 0 Å². The molecule has 0 saturated heterocycles. The molecule has 2 aromatic carbocycles. The third kappa shape index (κ3) is 4.94. The quantitative estimate of drug-likeness (QED) is 0.372. The standard InChI is InChI=1S/C16H19IN2O5S2/c1-12-13(11-17)3-2-4-16(12)26(23,24)19-14-5-7-15(8-6-14)25(21,22)18-9-10-20/h2-8,18-20H,9-11H2,1H3. The molecular formula is C16H19IN2O5S2. The van der Waals surface area contributed by atoms with Gasteiger partial charge in [0.2, 0.25) is 10.0 Å². The van der Waals surface area contributed by atoms with Crippen LogP contribution in [0.15, 0.2) is 52.3 Å². The van der Waals surface area contributed by atoms with Crippen LogP contribution in [0.5, 0.6) is 0 Å². The molecule has 7 nitrogen and oxygen atoms in total. The highest BCUT2D eigenvalue weighted by molar-refractivity contribution is 14.1. The summed E-state index contributed by atoms with van der Waals surface area (Å²) in [4.78, 5) is 0.171. The Morgan fingerprint density at radius 3 is 2.23 bits per heavy atom. The summed E-state index contributed by atoms with van der Waals surface area (Å²) in [6.45, 7) is 1.35. The molecule has 0 fully saturated rings. The second-order valence-corrected chi connectivity index (χ2v) is 9.61. The van der Waals surface area contributed by atoms with E-state index in [-0.39, 0.29) is 28.6 Å². The summed E-state index contributed by atoms with van der Waals surface area (Å²) in [5, 5.41) is 8.71. The molecule has 0 aliphatic rings. The van der Waals surface area contributed by atoms with Crippen molar-refractivity contribution in [3.05, 3.63) is 53.6 Å². The Morgan fingerprint density at radius 2 is 1.65 bits per heavy atom. The molecule has 0 bridgehead atoms. The third-order valence-electron chi connectivity index (χ3n) is 3.65. The zero-order chi connectivity index (χ0) is 19.4. The lowest BCUT2D eigenvalue weighted by molar-refractivity contribution is 0.301. The number of hydrogen-bond donors (Lipinski definition) is 3. The van der Waals surface area contributed by atoms with Crippen molar-refractivity contribution in [3.8, 4) is 0 Å². The van der Waals surface area contributed by atoms with E-state index < -0.39 is 20.0 Å². The van der Waals surface area contributed by atoms with E-state index in [2.05, 4.69) is 32.0 Å². The van der Waals surface area contributed by atoms with Crippen LogP contribution in [0.2, 0.25) is 0 Å². The Balaban J connectivity index is 2.26. The summed E-state index contributed by atoms with van der Waals surface area (Å²) in [5.41, 5.74) is 1.87. The molecule has 10 heteroatoms. The molecule has 0 aliphatic carbocycles. The van der Waals surface area contributed by atoms with E-state index in [9.17, 15) is 16.8 Å². The lowest BCUT2D eigenvalue weighted by Gasteiger charge is -2.13. The maximum absolute atomic E-state index is 12.6. The molecule has 0 unspecified atom stereocenters. The number of sulfonamides is 2. The van der Waals surface area contributed by atoms with E-state index in [0.717, 1.165) is 5.56 Å². The van der Waals surface area contributed by atoms with Crippen LogP contribution in [-0.2, 0) is 24.5 Å². The molecule has 0 aliphatic heterocycles. The molecule has 0 amide bonds. The Morgan fingerprint density at radius 1 is 1.00 bits per heavy atom. The minimum Gasteiger partial charge on any atom is -0.395 e. The highest BCUT2D eigenvalue weighted by atomic mass is 127. The highest BCUT2D eigenvalue weighted by Crippen LogP contribution is 2.24. The van der Waals surface area contributed by atoms with E-state index in [1.54, 1.807) is 13.0 Å². The van der Waals surface area contributed by atoms with Crippen LogP contribution < -0.4 is 9.44 Å². The topological polar surface area (TPSA) is 113 Å². The molecule has 3 N–H and O–H groups in total. The van der Waals surface area contributed by atoms with Gasteiger partial charge in [0, 0.05) is 16.7 Å². The first-order valence-corrected chi connectivity index (χ1v) is 12.1. The minimum atomic E-state index is -3.79. The van der Waals surface area contributed by atoms with E-state index in [1.807, 2.05) is 6.07 Å². The first kappa shape index (κ1) is 21.1. The Hall–Kier alpha value is -1.21. The van der Waals surface area contributed by atoms with E-state index in [1.165, 1.54) is 30.3 Å². The van der Waals surface area contributed by atoms with Crippen molar-refractivity contribution in [1.82, 2.24) is 4.72 Å². The smallest absolute Gasteiger partial charge is 0.262 e. The number of aliphatic hydroxyl groups excluding tert-OH is 1. The predicted octanol–water partition coefficient (Wildman–Crippen LogP) is 2.00. The van der Waals surface area contributed by atoms with E-state index in [0.29, 0.717) is 9.99 Å². The fraction of sp³-hybridized carbons (Fsp3) is 0.250. The zero-order valence-electron chi connectivity index (χ0n) is 13.9. The van der Waals surface area contributed by atoms with Gasteiger partial charge >= 0.3 is 0 Å². The number of nitrogens with one attached hydrogen (secondary N) is 2. The van der Waals surface area contributed by atoms with Gasteiger partial charge in [0.15, 0.2) is 0 Å². The molecule has 0 atom stereocenters. The number of aliphatic hydroxyl groups is 1. The second-order valence-electron chi connectivity index (χ2n) is 5.43. The summed E-state index contributed by atoms with van der Waals surface area (Å²) in [7, 11) is -7.53. The Kier molecular flexibility index (Phi) is 7.02. The van der Waals surface area contributed by atoms with Crippen molar-refractivity contribution in [2.75, 3.05) is 17.9 Å². The number of anilines is 1. The summed E-state index contributed by atoms with van der Waals surface area (Å²) < 4.78 is 54.6. The molecule has 2 aromatic rings. The third-order valence-corrected chi connectivity index (χ3v) is 7.47. The number of benzene rings is 2. The van der Waals surface area contributed by atoms with Gasteiger partial charge in [-0.15, -0.1) is 0 Å². The lowest BCUT2D eigenvalue weighted by atomic mass is 10.1. The summed E-state index contributed by atoms with van der Waals surface area (Å²) >= 11 is 2.17. The molecule has 0 heterocycles. The molecular weight excluding hydrogens is 491 g/mol. The van der Waals surface area contributed by atoms with Crippen LogP contribution in [0.1, 0.15) is 11.1 Å². The predicted molar refractivity (Wildman–Crippen MR) is 108 cm³/mol. The van der Waals surface area contributed by atoms with Gasteiger partial charge in [0.1, 0.15) is 0 Å². The number of alkyl halides is 1.